The van der Waals surface area contributed by atoms with Gasteiger partial charge in [-0.15, -0.1) is 12.4 Å². The van der Waals surface area contributed by atoms with Crippen molar-refractivity contribution in [2.75, 3.05) is 25.0 Å². The summed E-state index contributed by atoms with van der Waals surface area (Å²) in [5, 5.41) is 6.00. The molecule has 1 unspecified atom stereocenters. The second-order valence-corrected chi connectivity index (χ2v) is 6.33. The van der Waals surface area contributed by atoms with Gasteiger partial charge in [0.05, 0.1) is 11.1 Å². The molecule has 2 aromatic rings. The van der Waals surface area contributed by atoms with Crippen molar-refractivity contribution in [1.29, 1.82) is 0 Å². The minimum Gasteiger partial charge on any atom is -0.488 e. The summed E-state index contributed by atoms with van der Waals surface area (Å²) in [5.41, 5.74) is 1.80. The summed E-state index contributed by atoms with van der Waals surface area (Å²) >= 11 is 3.49. The predicted molar refractivity (Wildman–Crippen MR) is 103 cm³/mol. The van der Waals surface area contributed by atoms with E-state index in [4.69, 9.17) is 9.47 Å². The molecule has 1 saturated heterocycles. The molecule has 1 aliphatic rings. The summed E-state index contributed by atoms with van der Waals surface area (Å²) < 4.78 is 12.0. The molecule has 1 fully saturated rings. The monoisotopic (exact) mass is 426 g/mol. The number of carbonyl (C=O) groups excluding carboxylic acids is 1. The lowest BCUT2D eigenvalue weighted by Crippen LogP contribution is -2.45. The van der Waals surface area contributed by atoms with Crippen molar-refractivity contribution < 1.29 is 14.3 Å². The van der Waals surface area contributed by atoms with Gasteiger partial charge in [0.1, 0.15) is 18.5 Å². The molecular weight excluding hydrogens is 408 g/mol. The number of halogens is 2. The number of benzene rings is 2. The average molecular weight is 428 g/mol. The zero-order chi connectivity index (χ0) is 16.8. The molecule has 0 aliphatic carbocycles. The Hall–Kier alpha value is -1.60. The zero-order valence-electron chi connectivity index (χ0n) is 13.5. The van der Waals surface area contributed by atoms with Crippen molar-refractivity contribution in [3.8, 4) is 5.75 Å². The molecule has 5 nitrogen and oxygen atoms in total. The van der Waals surface area contributed by atoms with Gasteiger partial charge in [-0.05, 0) is 39.7 Å². The highest BCUT2D eigenvalue weighted by Crippen LogP contribution is 2.29. The Labute approximate surface area is 161 Å². The summed E-state index contributed by atoms with van der Waals surface area (Å²) in [7, 11) is 0. The maximum atomic E-state index is 12.2. The molecule has 2 N–H and O–H groups in total. The highest BCUT2D eigenvalue weighted by molar-refractivity contribution is 9.10. The maximum Gasteiger partial charge on any atom is 0.254 e. The van der Waals surface area contributed by atoms with Crippen LogP contribution in [0.3, 0.4) is 0 Å². The molecule has 0 spiro atoms. The van der Waals surface area contributed by atoms with E-state index < -0.39 is 6.10 Å². The van der Waals surface area contributed by atoms with Crippen LogP contribution in [0.1, 0.15) is 5.56 Å². The first kappa shape index (κ1) is 19.7. The first-order valence-electron chi connectivity index (χ1n) is 7.82. The van der Waals surface area contributed by atoms with Crippen LogP contribution in [-0.4, -0.2) is 31.7 Å². The first-order valence-corrected chi connectivity index (χ1v) is 8.61. The minimum atomic E-state index is -0.452. The van der Waals surface area contributed by atoms with E-state index in [1.54, 1.807) is 0 Å². The fourth-order valence-corrected chi connectivity index (χ4v) is 2.88. The van der Waals surface area contributed by atoms with Crippen molar-refractivity contribution in [1.82, 2.24) is 5.32 Å². The molecule has 1 heterocycles. The van der Waals surface area contributed by atoms with Crippen LogP contribution in [0.4, 0.5) is 5.69 Å². The summed E-state index contributed by atoms with van der Waals surface area (Å²) in [6, 6.07) is 15.4. The van der Waals surface area contributed by atoms with E-state index in [0.29, 0.717) is 25.4 Å². The third-order valence-corrected chi connectivity index (χ3v) is 4.28. The van der Waals surface area contributed by atoms with Crippen LogP contribution in [-0.2, 0) is 16.1 Å². The van der Waals surface area contributed by atoms with E-state index in [1.165, 1.54) is 0 Å². The third kappa shape index (κ3) is 5.71. The van der Waals surface area contributed by atoms with E-state index in [1.807, 2.05) is 48.5 Å². The van der Waals surface area contributed by atoms with Crippen molar-refractivity contribution in [3.05, 3.63) is 58.6 Å². The van der Waals surface area contributed by atoms with Gasteiger partial charge in [0.2, 0.25) is 0 Å². The molecule has 25 heavy (non-hydrogen) atoms. The van der Waals surface area contributed by atoms with Gasteiger partial charge in [-0.25, -0.2) is 0 Å². The van der Waals surface area contributed by atoms with Gasteiger partial charge in [-0.2, -0.15) is 0 Å². The van der Waals surface area contributed by atoms with Gasteiger partial charge in [0.25, 0.3) is 5.91 Å². The summed E-state index contributed by atoms with van der Waals surface area (Å²) in [6.45, 7) is 2.36. The van der Waals surface area contributed by atoms with Crippen LogP contribution in [0.25, 0.3) is 0 Å². The SMILES string of the molecule is Cl.O=C(Nc1ccc(OCc2ccccc2)c(Br)c1)C1CNCCO1. The number of ether oxygens (including phenoxy) is 2. The number of hydrogen-bond acceptors (Lipinski definition) is 4. The molecule has 0 saturated carbocycles. The lowest BCUT2D eigenvalue weighted by Gasteiger charge is -2.22. The fourth-order valence-electron chi connectivity index (χ4n) is 2.39. The number of rotatable bonds is 5. The van der Waals surface area contributed by atoms with Gasteiger partial charge in [-0.3, -0.25) is 4.79 Å². The van der Waals surface area contributed by atoms with Gasteiger partial charge in [-0.1, -0.05) is 30.3 Å². The second-order valence-electron chi connectivity index (χ2n) is 5.47. The quantitative estimate of drug-likeness (QED) is 0.768. The molecule has 1 atom stereocenters. The Kier molecular flexibility index (Phi) is 7.71. The Balaban J connectivity index is 0.00000225. The fraction of sp³-hybridized carbons (Fsp3) is 0.278. The van der Waals surface area contributed by atoms with Crippen molar-refractivity contribution in [2.24, 2.45) is 0 Å². The normalized spacial score (nSPS) is 16.6. The molecule has 7 heteroatoms. The number of nitrogens with one attached hydrogen (secondary N) is 2. The molecule has 1 aliphatic heterocycles. The van der Waals surface area contributed by atoms with Crippen LogP contribution >= 0.6 is 28.3 Å². The summed E-state index contributed by atoms with van der Waals surface area (Å²) in [5.74, 6) is 0.583. The van der Waals surface area contributed by atoms with Gasteiger partial charge >= 0.3 is 0 Å². The van der Waals surface area contributed by atoms with Crippen LogP contribution in [0.15, 0.2) is 53.0 Å². The number of hydrogen-bond donors (Lipinski definition) is 2. The Morgan fingerprint density at radius 2 is 2.08 bits per heavy atom. The zero-order valence-corrected chi connectivity index (χ0v) is 15.9. The van der Waals surface area contributed by atoms with Crippen molar-refractivity contribution in [3.63, 3.8) is 0 Å². The number of morpholine rings is 1. The van der Waals surface area contributed by atoms with E-state index in [0.717, 1.165) is 22.3 Å². The van der Waals surface area contributed by atoms with Gasteiger partial charge in [0.15, 0.2) is 0 Å². The molecule has 1 amide bonds. The standard InChI is InChI=1S/C18H19BrN2O3.ClH/c19-15-10-14(21-18(22)17-11-20-8-9-23-17)6-7-16(15)24-12-13-4-2-1-3-5-13;/h1-7,10,17,20H,8-9,11-12H2,(H,21,22);1H. The van der Waals surface area contributed by atoms with Gasteiger partial charge in [0, 0.05) is 18.8 Å². The summed E-state index contributed by atoms with van der Waals surface area (Å²) in [6.07, 6.45) is -0.452. The van der Waals surface area contributed by atoms with Crippen LogP contribution < -0.4 is 15.4 Å². The van der Waals surface area contributed by atoms with E-state index >= 15 is 0 Å². The van der Waals surface area contributed by atoms with Crippen LogP contribution in [0.5, 0.6) is 5.75 Å². The topological polar surface area (TPSA) is 59.6 Å². The number of carbonyl (C=O) groups is 1. The predicted octanol–water partition coefficient (Wildman–Crippen LogP) is 3.38. The van der Waals surface area contributed by atoms with Crippen LogP contribution in [0, 0.1) is 0 Å². The van der Waals surface area contributed by atoms with E-state index in [9.17, 15) is 4.79 Å². The lowest BCUT2D eigenvalue weighted by molar-refractivity contribution is -0.128. The lowest BCUT2D eigenvalue weighted by atomic mass is 10.2. The summed E-state index contributed by atoms with van der Waals surface area (Å²) in [4.78, 5) is 12.2. The van der Waals surface area contributed by atoms with Gasteiger partial charge < -0.3 is 20.1 Å². The van der Waals surface area contributed by atoms with E-state index in [-0.39, 0.29) is 18.3 Å². The highest BCUT2D eigenvalue weighted by atomic mass is 79.9. The molecular formula is C18H20BrClN2O3. The largest absolute Gasteiger partial charge is 0.488 e. The Morgan fingerprint density at radius 3 is 2.76 bits per heavy atom. The minimum absolute atomic E-state index is 0. The number of anilines is 1. The smallest absolute Gasteiger partial charge is 0.254 e. The van der Waals surface area contributed by atoms with E-state index in [2.05, 4.69) is 26.6 Å². The molecule has 3 rings (SSSR count). The van der Waals surface area contributed by atoms with Crippen molar-refractivity contribution >= 4 is 39.9 Å². The first-order chi connectivity index (χ1) is 11.7. The van der Waals surface area contributed by atoms with Crippen molar-refractivity contribution in [2.45, 2.75) is 12.7 Å². The Bertz CT molecular complexity index is 694. The highest BCUT2D eigenvalue weighted by Gasteiger charge is 2.21. The molecule has 0 bridgehead atoms. The maximum absolute atomic E-state index is 12.2. The molecule has 0 radical (unpaired) electrons. The second kappa shape index (κ2) is 9.77. The number of amides is 1. The Morgan fingerprint density at radius 1 is 1.28 bits per heavy atom. The average Bonchev–Trinajstić information content (AvgIpc) is 2.62. The molecule has 2 aromatic carbocycles. The molecule has 134 valence electrons. The molecule has 0 aromatic heterocycles. The van der Waals surface area contributed by atoms with Crippen LogP contribution in [0.2, 0.25) is 0 Å². The third-order valence-electron chi connectivity index (χ3n) is 3.66.